The number of pyridine rings is 1. The second kappa shape index (κ2) is 14.3. The zero-order chi connectivity index (χ0) is 33.8. The van der Waals surface area contributed by atoms with Crippen LogP contribution in [0, 0.1) is 11.6 Å². The second-order valence-electron chi connectivity index (χ2n) is 13.2. The lowest BCUT2D eigenvalue weighted by molar-refractivity contribution is 0.0501. The normalized spacial score (nSPS) is 12.7. The highest BCUT2D eigenvalue weighted by Crippen LogP contribution is 2.34. The Hall–Kier alpha value is -3.87. The van der Waals surface area contributed by atoms with E-state index in [1.807, 2.05) is 6.07 Å². The number of carbonyl (C=O) groups is 2. The summed E-state index contributed by atoms with van der Waals surface area (Å²) < 4.78 is 46.6. The first-order valence-electron chi connectivity index (χ1n) is 14.8. The molecule has 0 aliphatic carbocycles. The van der Waals surface area contributed by atoms with Gasteiger partial charge in [-0.1, -0.05) is 37.3 Å². The summed E-state index contributed by atoms with van der Waals surface area (Å²) in [6, 6.07) is 9.88. The van der Waals surface area contributed by atoms with Gasteiger partial charge in [0.25, 0.3) is 0 Å². The molecule has 0 radical (unpaired) electrons. The van der Waals surface area contributed by atoms with Crippen LogP contribution in [0.3, 0.4) is 0 Å². The Balaban J connectivity index is 1.88. The third kappa shape index (κ3) is 9.33. The Kier molecular flexibility index (Phi) is 10.9. The van der Waals surface area contributed by atoms with Crippen molar-refractivity contribution in [2.45, 2.75) is 71.3 Å². The van der Waals surface area contributed by atoms with Crippen molar-refractivity contribution in [1.29, 1.82) is 0 Å². The van der Waals surface area contributed by atoms with E-state index in [-0.39, 0.29) is 29.3 Å². The van der Waals surface area contributed by atoms with Crippen LogP contribution < -0.4 is 5.32 Å². The molecule has 2 aromatic heterocycles. The Morgan fingerprint density at radius 1 is 1.07 bits per heavy atom. The van der Waals surface area contributed by atoms with Crippen LogP contribution in [0.5, 0.6) is 0 Å². The van der Waals surface area contributed by atoms with Crippen molar-refractivity contribution in [2.75, 3.05) is 13.7 Å². The van der Waals surface area contributed by atoms with Crippen molar-refractivity contribution in [3.05, 3.63) is 82.1 Å². The highest BCUT2D eigenvalue weighted by Gasteiger charge is 2.27. The summed E-state index contributed by atoms with van der Waals surface area (Å²) in [5, 5.41) is 7.51. The number of halogens is 3. The molecule has 46 heavy (non-hydrogen) atoms. The van der Waals surface area contributed by atoms with E-state index in [2.05, 4.69) is 30.1 Å². The summed E-state index contributed by atoms with van der Waals surface area (Å²) >= 11 is 6.34. The molecule has 2 heterocycles. The molecule has 0 saturated carbocycles. The van der Waals surface area contributed by atoms with Crippen LogP contribution in [0.1, 0.15) is 48.4 Å². The summed E-state index contributed by atoms with van der Waals surface area (Å²) in [5.74, 6) is -2.15. The monoisotopic (exact) mass is 672 g/mol. The summed E-state index contributed by atoms with van der Waals surface area (Å²) in [7, 11) is -0.0502. The predicted molar refractivity (Wildman–Crippen MR) is 176 cm³/mol. The Morgan fingerprint density at radius 2 is 1.76 bits per heavy atom. The smallest absolute Gasteiger partial charge is 0.408 e. The molecule has 0 bridgehead atoms. The highest BCUT2D eigenvalue weighted by molar-refractivity contribution is 6.76. The van der Waals surface area contributed by atoms with Crippen LogP contribution in [0.4, 0.5) is 13.6 Å². The number of benzene rings is 2. The van der Waals surface area contributed by atoms with E-state index in [0.29, 0.717) is 34.5 Å². The first-order valence-corrected chi connectivity index (χ1v) is 18.9. The van der Waals surface area contributed by atoms with Crippen LogP contribution in [-0.4, -0.2) is 54.2 Å². The maximum Gasteiger partial charge on any atom is 0.408 e. The molecular formula is C33H39ClF2N4O5Si. The van der Waals surface area contributed by atoms with Crippen molar-refractivity contribution in [3.8, 4) is 11.1 Å². The average molecular weight is 673 g/mol. The standard InChI is InChI=1S/C33H39ClF2N4O5Si/c1-33(2,3)45-32(42)39-27(14-20-12-22(35)16-23(36)13-20)30-24(21-8-9-26(34)25(15-21)31(41)43-4)17-29-28(38-30)18-37-40(29)19-44-10-11-46(5,6)7/h8-9,12-13,15-18,27H,10-11,14,19H2,1-7H3,(H,39,42)/t27-/m0/s1. The summed E-state index contributed by atoms with van der Waals surface area (Å²) in [6.07, 6.45) is 0.795. The van der Waals surface area contributed by atoms with Crippen LogP contribution in [-0.2, 0) is 27.4 Å². The van der Waals surface area contributed by atoms with Crippen molar-refractivity contribution in [2.24, 2.45) is 0 Å². The molecule has 1 N–H and O–H groups in total. The van der Waals surface area contributed by atoms with E-state index >= 15 is 0 Å². The number of rotatable bonds is 11. The summed E-state index contributed by atoms with van der Waals surface area (Å²) in [5.41, 5.74) is 2.11. The number of esters is 1. The van der Waals surface area contributed by atoms with Gasteiger partial charge in [0, 0.05) is 26.3 Å². The number of fused-ring (bicyclic) bond motifs is 1. The van der Waals surface area contributed by atoms with E-state index in [9.17, 15) is 18.4 Å². The van der Waals surface area contributed by atoms with Gasteiger partial charge < -0.3 is 19.5 Å². The third-order valence-electron chi connectivity index (χ3n) is 6.93. The zero-order valence-electron chi connectivity index (χ0n) is 27.0. The van der Waals surface area contributed by atoms with E-state index in [1.165, 1.54) is 19.2 Å². The SMILES string of the molecule is COC(=O)c1cc(-c2cc3c(cnn3COCC[Si](C)(C)C)nc2[C@H](Cc2cc(F)cc(F)c2)NC(=O)OC(C)(C)C)ccc1Cl. The minimum Gasteiger partial charge on any atom is -0.465 e. The number of nitrogens with zero attached hydrogens (tertiary/aromatic N) is 3. The number of methoxy groups -OCH3 is 1. The minimum absolute atomic E-state index is 0.0369. The van der Waals surface area contributed by atoms with E-state index in [0.717, 1.165) is 12.1 Å². The molecule has 0 fully saturated rings. The molecule has 13 heteroatoms. The summed E-state index contributed by atoms with van der Waals surface area (Å²) in [6.45, 7) is 12.8. The van der Waals surface area contributed by atoms with Gasteiger partial charge in [-0.05, 0) is 74.7 Å². The lowest BCUT2D eigenvalue weighted by Gasteiger charge is -2.25. The van der Waals surface area contributed by atoms with Crippen LogP contribution in [0.15, 0.2) is 48.7 Å². The van der Waals surface area contributed by atoms with Crippen LogP contribution in [0.2, 0.25) is 30.7 Å². The number of nitrogens with one attached hydrogen (secondary N) is 1. The van der Waals surface area contributed by atoms with Gasteiger partial charge in [-0.15, -0.1) is 0 Å². The van der Waals surface area contributed by atoms with Crippen molar-refractivity contribution in [3.63, 3.8) is 0 Å². The molecule has 246 valence electrons. The number of amides is 1. The fourth-order valence-corrected chi connectivity index (χ4v) is 5.69. The van der Waals surface area contributed by atoms with Crippen LogP contribution >= 0.6 is 11.6 Å². The largest absolute Gasteiger partial charge is 0.465 e. The fourth-order valence-electron chi connectivity index (χ4n) is 4.74. The Morgan fingerprint density at radius 3 is 2.39 bits per heavy atom. The minimum atomic E-state index is -1.30. The molecular weight excluding hydrogens is 634 g/mol. The van der Waals surface area contributed by atoms with Crippen molar-refractivity contribution < 1.29 is 32.6 Å². The number of ether oxygens (including phenoxy) is 3. The van der Waals surface area contributed by atoms with Gasteiger partial charge in [0.15, 0.2) is 0 Å². The molecule has 4 rings (SSSR count). The average Bonchev–Trinajstić information content (AvgIpc) is 3.34. The van der Waals surface area contributed by atoms with Crippen molar-refractivity contribution >= 4 is 42.8 Å². The number of hydrogen-bond donors (Lipinski definition) is 1. The fraction of sp³-hybridized carbons (Fsp3) is 0.394. The number of carbonyl (C=O) groups excluding carboxylic acids is 2. The molecule has 0 aliphatic rings. The van der Waals surface area contributed by atoms with Gasteiger partial charge in [-0.25, -0.2) is 28.0 Å². The maximum atomic E-state index is 14.3. The first-order chi connectivity index (χ1) is 21.5. The molecule has 0 aliphatic heterocycles. The Bertz CT molecular complexity index is 1720. The maximum absolute atomic E-state index is 14.3. The Labute approximate surface area is 273 Å². The van der Waals surface area contributed by atoms with Gasteiger partial charge >= 0.3 is 12.1 Å². The molecule has 1 atom stereocenters. The van der Waals surface area contributed by atoms with Gasteiger partial charge in [-0.3, -0.25) is 0 Å². The zero-order valence-corrected chi connectivity index (χ0v) is 28.8. The summed E-state index contributed by atoms with van der Waals surface area (Å²) in [4.78, 5) is 30.6. The molecule has 1 amide bonds. The lowest BCUT2D eigenvalue weighted by Crippen LogP contribution is -2.36. The third-order valence-corrected chi connectivity index (χ3v) is 8.97. The second-order valence-corrected chi connectivity index (χ2v) is 19.2. The van der Waals surface area contributed by atoms with Crippen LogP contribution in [0.25, 0.3) is 22.2 Å². The number of aromatic nitrogens is 3. The van der Waals surface area contributed by atoms with Gasteiger partial charge in [0.1, 0.15) is 29.5 Å². The first kappa shape index (κ1) is 35.0. The molecule has 0 spiro atoms. The van der Waals surface area contributed by atoms with Crippen molar-refractivity contribution in [1.82, 2.24) is 20.1 Å². The number of hydrogen-bond acceptors (Lipinski definition) is 7. The number of alkyl carbamates (subject to hydrolysis) is 1. The van der Waals surface area contributed by atoms with Gasteiger partial charge in [0.2, 0.25) is 0 Å². The molecule has 2 aromatic carbocycles. The van der Waals surface area contributed by atoms with E-state index in [1.54, 1.807) is 49.8 Å². The quantitative estimate of drug-likeness (QED) is 0.0980. The molecule has 0 saturated heterocycles. The predicted octanol–water partition coefficient (Wildman–Crippen LogP) is 7.94. The lowest BCUT2D eigenvalue weighted by atomic mass is 9.94. The molecule has 0 unspecified atom stereocenters. The highest BCUT2D eigenvalue weighted by atomic mass is 35.5. The molecule has 9 nitrogen and oxygen atoms in total. The van der Waals surface area contributed by atoms with Gasteiger partial charge in [-0.2, -0.15) is 5.10 Å². The molecule has 4 aromatic rings. The van der Waals surface area contributed by atoms with E-state index in [4.69, 9.17) is 30.8 Å². The topological polar surface area (TPSA) is 105 Å². The van der Waals surface area contributed by atoms with E-state index < -0.39 is 43.4 Å². The van der Waals surface area contributed by atoms with Gasteiger partial charge in [0.05, 0.1) is 41.1 Å².